The number of carbonyl (C=O) groups is 1. The van der Waals surface area contributed by atoms with Gasteiger partial charge < -0.3 is 40.0 Å². The van der Waals surface area contributed by atoms with Crippen molar-refractivity contribution >= 4 is 5.91 Å². The van der Waals surface area contributed by atoms with Crippen molar-refractivity contribution in [3.05, 3.63) is 24.5 Å². The summed E-state index contributed by atoms with van der Waals surface area (Å²) < 4.78 is 16.5. The summed E-state index contributed by atoms with van der Waals surface area (Å²) in [6.07, 6.45) is -4.16. The van der Waals surface area contributed by atoms with E-state index in [4.69, 9.17) is 14.2 Å². The molecule has 0 unspecified atom stereocenters. The number of aliphatic hydroxyl groups excluding tert-OH is 4. The molecule has 0 aromatic heterocycles. The molecule has 5 N–H and O–H groups in total. The first-order chi connectivity index (χ1) is 12.0. The monoisotopic (exact) mass is 357 g/mol. The lowest BCUT2D eigenvalue weighted by Gasteiger charge is -2.43. The number of hydrogen-bond acceptors (Lipinski definition) is 8. The Morgan fingerprint density at radius 3 is 2.72 bits per heavy atom. The lowest BCUT2D eigenvalue weighted by atomic mass is 9.79. The number of piperidine rings is 1. The van der Waals surface area contributed by atoms with Crippen LogP contribution in [0.4, 0.5) is 0 Å². The van der Waals surface area contributed by atoms with Gasteiger partial charge in [-0.25, -0.2) is 0 Å². The number of ether oxygens (including phenoxy) is 3. The Bertz CT molecular complexity index is 550. The van der Waals surface area contributed by atoms with Crippen LogP contribution in [0.15, 0.2) is 24.5 Å². The van der Waals surface area contributed by atoms with Crippen LogP contribution in [0.5, 0.6) is 0 Å². The summed E-state index contributed by atoms with van der Waals surface area (Å²) in [5.74, 6) is -0.706. The first-order valence-corrected chi connectivity index (χ1v) is 8.20. The zero-order valence-corrected chi connectivity index (χ0v) is 13.5. The predicted molar refractivity (Wildman–Crippen MR) is 82.6 cm³/mol. The number of aliphatic hydroxyl groups is 4. The second kappa shape index (κ2) is 7.40. The van der Waals surface area contributed by atoms with E-state index in [1.54, 1.807) is 6.08 Å². The van der Waals surface area contributed by atoms with Crippen molar-refractivity contribution in [2.75, 3.05) is 13.2 Å². The summed E-state index contributed by atoms with van der Waals surface area (Å²) in [5.41, 5.74) is 0.504. The van der Waals surface area contributed by atoms with Crippen molar-refractivity contribution in [3.8, 4) is 0 Å². The minimum absolute atomic E-state index is 0.144. The third kappa shape index (κ3) is 3.31. The topological polar surface area (TPSA) is 138 Å². The van der Waals surface area contributed by atoms with Gasteiger partial charge in [-0.2, -0.15) is 0 Å². The first kappa shape index (κ1) is 18.3. The minimum Gasteiger partial charge on any atom is -0.471 e. The molecule has 0 aromatic rings. The van der Waals surface area contributed by atoms with Crippen LogP contribution in [0.25, 0.3) is 0 Å². The maximum atomic E-state index is 11.9. The normalized spacial score (nSPS) is 44.2. The number of nitrogens with one attached hydrogen (secondary N) is 1. The van der Waals surface area contributed by atoms with Crippen LogP contribution in [-0.4, -0.2) is 76.5 Å². The van der Waals surface area contributed by atoms with Crippen LogP contribution in [0.2, 0.25) is 0 Å². The van der Waals surface area contributed by atoms with E-state index in [0.29, 0.717) is 18.5 Å². The van der Waals surface area contributed by atoms with Gasteiger partial charge in [0.15, 0.2) is 6.29 Å². The molecule has 140 valence electrons. The molecule has 0 spiro atoms. The van der Waals surface area contributed by atoms with E-state index in [1.165, 1.54) is 6.26 Å². The summed E-state index contributed by atoms with van der Waals surface area (Å²) in [5, 5.41) is 41.7. The minimum atomic E-state index is -1.53. The van der Waals surface area contributed by atoms with Crippen LogP contribution < -0.4 is 5.32 Å². The average molecular weight is 357 g/mol. The fourth-order valence-corrected chi connectivity index (χ4v) is 3.44. The van der Waals surface area contributed by atoms with E-state index >= 15 is 0 Å². The standard InChI is InChI=1S/C16H23NO8/c1-2-7-8-3-4-17-14(22)9(8)6-23-15(7)25-16-13(21)12(20)11(19)10(5-18)24-16/h2,6-8,10-13,15-16,18-21H,1,3-5H2,(H,17,22)/t7-,8+,10-,11-,12+,13-,15+,16+/m1/s1. The van der Waals surface area contributed by atoms with Crippen LogP contribution in [-0.2, 0) is 19.0 Å². The molecule has 25 heavy (non-hydrogen) atoms. The predicted octanol–water partition coefficient (Wildman–Crippen LogP) is -2.02. The molecule has 2 saturated heterocycles. The van der Waals surface area contributed by atoms with E-state index in [-0.39, 0.29) is 17.7 Å². The van der Waals surface area contributed by atoms with Gasteiger partial charge in [0.25, 0.3) is 5.91 Å². The van der Waals surface area contributed by atoms with E-state index < -0.39 is 43.6 Å². The van der Waals surface area contributed by atoms with Gasteiger partial charge in [-0.3, -0.25) is 4.79 Å². The number of amides is 1. The molecule has 3 rings (SSSR count). The highest BCUT2D eigenvalue weighted by atomic mass is 16.8. The summed E-state index contributed by atoms with van der Waals surface area (Å²) in [6, 6.07) is 0. The van der Waals surface area contributed by atoms with Gasteiger partial charge in [0, 0.05) is 18.4 Å². The van der Waals surface area contributed by atoms with Gasteiger partial charge in [-0.1, -0.05) is 6.08 Å². The highest BCUT2D eigenvalue weighted by Gasteiger charge is 2.47. The third-order valence-electron chi connectivity index (χ3n) is 4.90. The highest BCUT2D eigenvalue weighted by molar-refractivity contribution is 5.94. The Balaban J connectivity index is 1.75. The molecule has 0 saturated carbocycles. The molecule has 0 aliphatic carbocycles. The molecular formula is C16H23NO8. The summed E-state index contributed by atoms with van der Waals surface area (Å²) in [6.45, 7) is 3.75. The third-order valence-corrected chi connectivity index (χ3v) is 4.90. The fourth-order valence-electron chi connectivity index (χ4n) is 3.44. The molecule has 8 atom stereocenters. The number of hydrogen-bond donors (Lipinski definition) is 5. The van der Waals surface area contributed by atoms with Gasteiger partial charge in [-0.15, -0.1) is 6.58 Å². The van der Waals surface area contributed by atoms with Crippen molar-refractivity contribution < 1.29 is 39.4 Å². The second-order valence-electron chi connectivity index (χ2n) is 6.38. The van der Waals surface area contributed by atoms with Crippen LogP contribution in [0.3, 0.4) is 0 Å². The Labute approximate surface area is 144 Å². The Morgan fingerprint density at radius 1 is 1.28 bits per heavy atom. The molecule has 2 fully saturated rings. The lowest BCUT2D eigenvalue weighted by Crippen LogP contribution is -2.60. The molecule has 3 aliphatic rings. The summed E-state index contributed by atoms with van der Waals surface area (Å²) >= 11 is 0. The van der Waals surface area contributed by atoms with E-state index in [1.807, 2.05) is 0 Å². The molecular weight excluding hydrogens is 334 g/mol. The van der Waals surface area contributed by atoms with Crippen molar-refractivity contribution in [2.24, 2.45) is 11.8 Å². The average Bonchev–Trinajstić information content (AvgIpc) is 2.62. The van der Waals surface area contributed by atoms with Gasteiger partial charge in [0.1, 0.15) is 24.4 Å². The van der Waals surface area contributed by atoms with Crippen molar-refractivity contribution in [1.29, 1.82) is 0 Å². The fraction of sp³-hybridized carbons (Fsp3) is 0.688. The highest BCUT2D eigenvalue weighted by Crippen LogP contribution is 2.37. The molecule has 9 heteroatoms. The van der Waals surface area contributed by atoms with Gasteiger partial charge in [-0.05, 0) is 6.42 Å². The second-order valence-corrected chi connectivity index (χ2v) is 6.38. The number of carbonyl (C=O) groups excluding carboxylic acids is 1. The molecule has 9 nitrogen and oxygen atoms in total. The SMILES string of the molecule is C=C[C@H]1[C@H](O[C@@H]2O[C@H](CO)[C@@H](O)[C@H](O)[C@H]2O)OC=C2C(=O)NCC[C@H]21. The smallest absolute Gasteiger partial charge is 0.250 e. The van der Waals surface area contributed by atoms with E-state index in [9.17, 15) is 25.2 Å². The molecule has 0 bridgehead atoms. The van der Waals surface area contributed by atoms with E-state index in [0.717, 1.165) is 0 Å². The zero-order chi connectivity index (χ0) is 18.1. The van der Waals surface area contributed by atoms with Gasteiger partial charge >= 0.3 is 0 Å². The Morgan fingerprint density at radius 2 is 2.04 bits per heavy atom. The Hall–Kier alpha value is -1.49. The molecule has 1 amide bonds. The van der Waals surface area contributed by atoms with Gasteiger partial charge in [0.05, 0.1) is 18.4 Å². The molecule has 0 aromatic carbocycles. The lowest BCUT2D eigenvalue weighted by molar-refractivity contribution is -0.339. The number of fused-ring (bicyclic) bond motifs is 1. The summed E-state index contributed by atoms with van der Waals surface area (Å²) in [7, 11) is 0. The maximum absolute atomic E-state index is 11.9. The molecule has 0 radical (unpaired) electrons. The number of rotatable bonds is 4. The maximum Gasteiger partial charge on any atom is 0.250 e. The Kier molecular flexibility index (Phi) is 5.42. The first-order valence-electron chi connectivity index (χ1n) is 8.20. The van der Waals surface area contributed by atoms with Crippen LogP contribution in [0.1, 0.15) is 6.42 Å². The largest absolute Gasteiger partial charge is 0.471 e. The van der Waals surface area contributed by atoms with Crippen molar-refractivity contribution in [3.63, 3.8) is 0 Å². The van der Waals surface area contributed by atoms with Crippen LogP contribution in [0, 0.1) is 11.8 Å². The van der Waals surface area contributed by atoms with Crippen LogP contribution >= 0.6 is 0 Å². The van der Waals surface area contributed by atoms with E-state index in [2.05, 4.69) is 11.9 Å². The zero-order valence-electron chi connectivity index (χ0n) is 13.5. The van der Waals surface area contributed by atoms with Crippen molar-refractivity contribution in [1.82, 2.24) is 5.32 Å². The van der Waals surface area contributed by atoms with Crippen molar-refractivity contribution in [2.45, 2.75) is 43.4 Å². The quantitative estimate of drug-likeness (QED) is 0.364. The molecule has 3 aliphatic heterocycles. The van der Waals surface area contributed by atoms with Gasteiger partial charge in [0.2, 0.25) is 6.29 Å². The molecule has 3 heterocycles. The summed E-state index contributed by atoms with van der Waals surface area (Å²) in [4.78, 5) is 11.9.